The highest BCUT2D eigenvalue weighted by Gasteiger charge is 2.35. The molecule has 118 valence electrons. The standard InChI is InChI=1S/C14H21F3N4/c1-18-11-9-12(21-13(20-11)14(15,16)17)19-10-7-5-3-2-4-6-8-10/h9-10H,2-8H2,1H3,(H2,18,19,20,21). The largest absolute Gasteiger partial charge is 0.451 e. The normalized spacial score (nSPS) is 17.9. The summed E-state index contributed by atoms with van der Waals surface area (Å²) < 4.78 is 38.4. The molecule has 0 aliphatic heterocycles. The number of alkyl halides is 3. The fourth-order valence-corrected chi connectivity index (χ4v) is 2.59. The molecule has 2 rings (SSSR count). The van der Waals surface area contributed by atoms with Gasteiger partial charge in [0.05, 0.1) is 0 Å². The highest BCUT2D eigenvalue weighted by atomic mass is 19.4. The summed E-state index contributed by atoms with van der Waals surface area (Å²) in [5.41, 5.74) is 0. The Kier molecular flexibility index (Phi) is 5.25. The van der Waals surface area contributed by atoms with Crippen LogP contribution in [-0.2, 0) is 6.18 Å². The van der Waals surface area contributed by atoms with Crippen LogP contribution in [0.5, 0.6) is 0 Å². The van der Waals surface area contributed by atoms with Crippen molar-refractivity contribution in [1.82, 2.24) is 9.97 Å². The minimum Gasteiger partial charge on any atom is -0.373 e. The molecule has 21 heavy (non-hydrogen) atoms. The summed E-state index contributed by atoms with van der Waals surface area (Å²) in [7, 11) is 1.54. The van der Waals surface area contributed by atoms with Gasteiger partial charge < -0.3 is 10.6 Å². The Hall–Kier alpha value is -1.53. The molecule has 0 amide bonds. The molecule has 1 aromatic rings. The molecule has 4 nitrogen and oxygen atoms in total. The predicted molar refractivity (Wildman–Crippen MR) is 76.3 cm³/mol. The van der Waals surface area contributed by atoms with Gasteiger partial charge in [-0.05, 0) is 12.8 Å². The van der Waals surface area contributed by atoms with E-state index in [4.69, 9.17) is 0 Å². The summed E-state index contributed by atoms with van der Waals surface area (Å²) in [5, 5.41) is 5.79. The second-order valence-corrected chi connectivity index (χ2v) is 5.40. The molecule has 7 heteroatoms. The summed E-state index contributed by atoms with van der Waals surface area (Å²) in [6.07, 6.45) is 3.25. The second kappa shape index (κ2) is 6.95. The lowest BCUT2D eigenvalue weighted by Crippen LogP contribution is -2.23. The van der Waals surface area contributed by atoms with Crippen LogP contribution in [0, 0.1) is 0 Å². The van der Waals surface area contributed by atoms with Gasteiger partial charge in [-0.15, -0.1) is 0 Å². The van der Waals surface area contributed by atoms with Crippen LogP contribution in [-0.4, -0.2) is 23.1 Å². The van der Waals surface area contributed by atoms with Crippen LogP contribution in [0.3, 0.4) is 0 Å². The molecule has 0 saturated heterocycles. The number of nitrogens with one attached hydrogen (secondary N) is 2. The third kappa shape index (κ3) is 4.75. The van der Waals surface area contributed by atoms with Crippen molar-refractivity contribution >= 4 is 11.6 Å². The molecular weight excluding hydrogens is 281 g/mol. The molecule has 0 aromatic carbocycles. The Bertz CT molecular complexity index is 454. The first kappa shape index (κ1) is 15.9. The summed E-state index contributed by atoms with van der Waals surface area (Å²) in [6, 6.07) is 1.71. The van der Waals surface area contributed by atoms with Crippen molar-refractivity contribution in [3.63, 3.8) is 0 Å². The van der Waals surface area contributed by atoms with E-state index in [2.05, 4.69) is 20.6 Å². The molecule has 1 heterocycles. The molecule has 0 radical (unpaired) electrons. The molecule has 1 aromatic heterocycles. The molecule has 1 aliphatic carbocycles. The van der Waals surface area contributed by atoms with Crippen LogP contribution in [0.1, 0.15) is 50.8 Å². The Labute approximate surface area is 122 Å². The van der Waals surface area contributed by atoms with Crippen LogP contribution in [0.4, 0.5) is 24.8 Å². The van der Waals surface area contributed by atoms with Crippen molar-refractivity contribution < 1.29 is 13.2 Å². The van der Waals surface area contributed by atoms with Crippen LogP contribution >= 0.6 is 0 Å². The molecule has 0 atom stereocenters. The summed E-state index contributed by atoms with van der Waals surface area (Å²) in [5.74, 6) is -0.694. The van der Waals surface area contributed by atoms with Gasteiger partial charge in [0.25, 0.3) is 0 Å². The third-order valence-electron chi connectivity index (χ3n) is 3.69. The van der Waals surface area contributed by atoms with E-state index in [1.165, 1.54) is 25.3 Å². The van der Waals surface area contributed by atoms with E-state index in [1.54, 1.807) is 7.05 Å². The van der Waals surface area contributed by atoms with E-state index < -0.39 is 12.0 Å². The SMILES string of the molecule is CNc1cc(NC2CCCCCCC2)nc(C(F)(F)F)n1. The number of aromatic nitrogens is 2. The number of halogens is 3. The van der Waals surface area contributed by atoms with Crippen molar-refractivity contribution in [3.05, 3.63) is 11.9 Å². The molecule has 1 aliphatic rings. The van der Waals surface area contributed by atoms with Gasteiger partial charge in [0.1, 0.15) is 11.6 Å². The van der Waals surface area contributed by atoms with Crippen molar-refractivity contribution in [3.8, 4) is 0 Å². The van der Waals surface area contributed by atoms with Crippen LogP contribution < -0.4 is 10.6 Å². The molecule has 1 saturated carbocycles. The molecule has 1 fully saturated rings. The first-order valence-corrected chi connectivity index (χ1v) is 7.39. The van der Waals surface area contributed by atoms with E-state index in [0.717, 1.165) is 25.7 Å². The van der Waals surface area contributed by atoms with Gasteiger partial charge in [-0.2, -0.15) is 13.2 Å². The predicted octanol–water partition coefficient (Wildman–Crippen LogP) is 4.06. The fraction of sp³-hybridized carbons (Fsp3) is 0.714. The van der Waals surface area contributed by atoms with E-state index in [1.807, 2.05) is 0 Å². The molecule has 0 unspecified atom stereocenters. The minimum absolute atomic E-state index is 0.172. The first-order chi connectivity index (χ1) is 9.99. The van der Waals surface area contributed by atoms with Crippen LogP contribution in [0.25, 0.3) is 0 Å². The van der Waals surface area contributed by atoms with Gasteiger partial charge in [0.2, 0.25) is 5.82 Å². The van der Waals surface area contributed by atoms with Gasteiger partial charge in [-0.25, -0.2) is 9.97 Å². The summed E-state index contributed by atoms with van der Waals surface area (Å²) in [6.45, 7) is 0. The maximum atomic E-state index is 12.8. The number of hydrogen-bond acceptors (Lipinski definition) is 4. The van der Waals surface area contributed by atoms with Gasteiger partial charge in [0.15, 0.2) is 0 Å². The zero-order chi connectivity index (χ0) is 15.3. The van der Waals surface area contributed by atoms with Crippen molar-refractivity contribution in [2.75, 3.05) is 17.7 Å². The van der Waals surface area contributed by atoms with Crippen molar-refractivity contribution in [2.24, 2.45) is 0 Å². The smallest absolute Gasteiger partial charge is 0.373 e. The van der Waals surface area contributed by atoms with Gasteiger partial charge in [0, 0.05) is 19.2 Å². The maximum Gasteiger partial charge on any atom is 0.451 e. The summed E-state index contributed by atoms with van der Waals surface area (Å²) >= 11 is 0. The zero-order valence-electron chi connectivity index (χ0n) is 12.1. The quantitative estimate of drug-likeness (QED) is 0.884. The van der Waals surface area contributed by atoms with Crippen molar-refractivity contribution in [2.45, 2.75) is 57.2 Å². The second-order valence-electron chi connectivity index (χ2n) is 5.40. The van der Waals surface area contributed by atoms with Crippen LogP contribution in [0.2, 0.25) is 0 Å². The summed E-state index contributed by atoms with van der Waals surface area (Å²) in [4.78, 5) is 7.08. The maximum absolute atomic E-state index is 12.8. The highest BCUT2D eigenvalue weighted by Crippen LogP contribution is 2.29. The van der Waals surface area contributed by atoms with Gasteiger partial charge in [-0.3, -0.25) is 0 Å². The third-order valence-corrected chi connectivity index (χ3v) is 3.69. The Morgan fingerprint density at radius 3 is 2.14 bits per heavy atom. The Balaban J connectivity index is 2.14. The van der Waals surface area contributed by atoms with Crippen molar-refractivity contribution in [1.29, 1.82) is 0 Å². The Morgan fingerprint density at radius 1 is 1.00 bits per heavy atom. The van der Waals surface area contributed by atoms with Gasteiger partial charge >= 0.3 is 6.18 Å². The lowest BCUT2D eigenvalue weighted by atomic mass is 9.97. The fourth-order valence-electron chi connectivity index (χ4n) is 2.59. The zero-order valence-corrected chi connectivity index (χ0v) is 12.1. The number of anilines is 2. The topological polar surface area (TPSA) is 49.8 Å². The molecule has 0 spiro atoms. The number of hydrogen-bond donors (Lipinski definition) is 2. The van der Waals surface area contributed by atoms with E-state index in [0.29, 0.717) is 0 Å². The van der Waals surface area contributed by atoms with E-state index >= 15 is 0 Å². The lowest BCUT2D eigenvalue weighted by Gasteiger charge is -2.22. The Morgan fingerprint density at radius 2 is 1.57 bits per heavy atom. The number of nitrogens with zero attached hydrogens (tertiary/aromatic N) is 2. The first-order valence-electron chi connectivity index (χ1n) is 7.39. The van der Waals surface area contributed by atoms with E-state index in [9.17, 15) is 13.2 Å². The molecule has 0 bridgehead atoms. The molecular formula is C14H21F3N4. The average molecular weight is 302 g/mol. The number of rotatable bonds is 3. The monoisotopic (exact) mass is 302 g/mol. The lowest BCUT2D eigenvalue weighted by molar-refractivity contribution is -0.144. The highest BCUT2D eigenvalue weighted by molar-refractivity contribution is 5.48. The van der Waals surface area contributed by atoms with E-state index in [-0.39, 0.29) is 17.7 Å². The van der Waals surface area contributed by atoms with Crippen LogP contribution in [0.15, 0.2) is 6.07 Å². The molecule has 2 N–H and O–H groups in total. The average Bonchev–Trinajstić information content (AvgIpc) is 2.40. The minimum atomic E-state index is -4.54. The van der Waals surface area contributed by atoms with Gasteiger partial charge in [-0.1, -0.05) is 32.1 Å².